The molecule has 16 heavy (non-hydrogen) atoms. The van der Waals surface area contributed by atoms with Gasteiger partial charge in [0.25, 0.3) is 0 Å². The number of thiazole rings is 1. The molecule has 0 saturated carbocycles. The van der Waals surface area contributed by atoms with Gasteiger partial charge in [-0.15, -0.1) is 11.3 Å². The summed E-state index contributed by atoms with van der Waals surface area (Å²) in [7, 11) is 0. The van der Waals surface area contributed by atoms with Gasteiger partial charge in [-0.25, -0.2) is 4.98 Å². The van der Waals surface area contributed by atoms with E-state index in [1.165, 1.54) is 0 Å². The maximum atomic E-state index is 10.2. The van der Waals surface area contributed by atoms with Crippen molar-refractivity contribution >= 4 is 11.3 Å². The van der Waals surface area contributed by atoms with Gasteiger partial charge in [-0.05, 0) is 6.42 Å². The topological polar surface area (TPSA) is 42.4 Å². The minimum absolute atomic E-state index is 0.0643. The summed E-state index contributed by atoms with van der Waals surface area (Å²) in [6.07, 6.45) is 0.471. The Morgan fingerprint density at radius 3 is 2.81 bits per heavy atom. The molecule has 4 heteroatoms. The van der Waals surface area contributed by atoms with Crippen LogP contribution in [0.5, 0.6) is 0 Å². The van der Waals surface area contributed by atoms with Crippen molar-refractivity contribution in [2.24, 2.45) is 5.92 Å². The van der Waals surface area contributed by atoms with Crippen LogP contribution in [-0.2, 0) is 10.2 Å². The summed E-state index contributed by atoms with van der Waals surface area (Å²) in [6.45, 7) is 7.84. The van der Waals surface area contributed by atoms with Crippen molar-refractivity contribution in [3.63, 3.8) is 0 Å². The number of hydrogen-bond donors (Lipinski definition) is 1. The highest BCUT2D eigenvalue weighted by atomic mass is 32.1. The third-order valence-electron chi connectivity index (χ3n) is 2.88. The van der Waals surface area contributed by atoms with Gasteiger partial charge in [0.2, 0.25) is 0 Å². The third-order valence-corrected chi connectivity index (χ3v) is 4.16. The molecule has 0 radical (unpaired) electrons. The summed E-state index contributed by atoms with van der Waals surface area (Å²) in [5.41, 5.74) is 0.875. The van der Waals surface area contributed by atoms with E-state index < -0.39 is 6.10 Å². The summed E-state index contributed by atoms with van der Waals surface area (Å²) in [5, 5.41) is 13.2. The summed E-state index contributed by atoms with van der Waals surface area (Å²) >= 11 is 1.63. The van der Waals surface area contributed by atoms with E-state index in [0.717, 1.165) is 23.7 Å². The normalized spacial score (nSPS) is 23.6. The second-order valence-electron chi connectivity index (χ2n) is 5.40. The standard InChI is InChI=1S/C12H19NO2S/c1-12(2,3)11-13-9(7-16-11)10(14)8-4-5-15-6-8/h7-8,10,14H,4-6H2,1-3H3. The van der Waals surface area contributed by atoms with Crippen molar-refractivity contribution in [2.45, 2.75) is 38.7 Å². The number of hydrogen-bond acceptors (Lipinski definition) is 4. The molecule has 1 aliphatic heterocycles. The van der Waals surface area contributed by atoms with E-state index in [0.29, 0.717) is 6.61 Å². The highest BCUT2D eigenvalue weighted by Gasteiger charge is 2.28. The molecule has 0 aliphatic carbocycles. The van der Waals surface area contributed by atoms with Crippen LogP contribution in [0.1, 0.15) is 44.0 Å². The van der Waals surface area contributed by atoms with E-state index in [2.05, 4.69) is 25.8 Å². The van der Waals surface area contributed by atoms with Crippen molar-refractivity contribution in [1.29, 1.82) is 0 Å². The zero-order valence-electron chi connectivity index (χ0n) is 10.1. The number of ether oxygens (including phenoxy) is 1. The van der Waals surface area contributed by atoms with E-state index >= 15 is 0 Å². The van der Waals surface area contributed by atoms with Gasteiger partial charge in [0.15, 0.2) is 0 Å². The predicted molar refractivity (Wildman–Crippen MR) is 64.7 cm³/mol. The first-order valence-electron chi connectivity index (χ1n) is 5.70. The van der Waals surface area contributed by atoms with Crippen LogP contribution in [0, 0.1) is 5.92 Å². The Kier molecular flexibility index (Phi) is 3.33. The molecule has 90 valence electrons. The Morgan fingerprint density at radius 1 is 1.56 bits per heavy atom. The number of aliphatic hydroxyl groups is 1. The van der Waals surface area contributed by atoms with Crippen LogP contribution in [-0.4, -0.2) is 23.3 Å². The van der Waals surface area contributed by atoms with E-state index in [4.69, 9.17) is 4.74 Å². The van der Waals surface area contributed by atoms with Gasteiger partial charge in [-0.3, -0.25) is 0 Å². The summed E-state index contributed by atoms with van der Waals surface area (Å²) in [4.78, 5) is 4.54. The molecule has 3 nitrogen and oxygen atoms in total. The molecule has 1 aromatic heterocycles. The molecule has 1 saturated heterocycles. The summed E-state index contributed by atoms with van der Waals surface area (Å²) in [5.74, 6) is 0.218. The second-order valence-corrected chi connectivity index (χ2v) is 6.25. The predicted octanol–water partition coefficient (Wildman–Crippen LogP) is 2.51. The fourth-order valence-electron chi connectivity index (χ4n) is 1.81. The van der Waals surface area contributed by atoms with Crippen LogP contribution in [0.2, 0.25) is 0 Å². The van der Waals surface area contributed by atoms with Gasteiger partial charge < -0.3 is 9.84 Å². The van der Waals surface area contributed by atoms with Crippen LogP contribution in [0.15, 0.2) is 5.38 Å². The quantitative estimate of drug-likeness (QED) is 0.865. The van der Waals surface area contributed by atoms with Gasteiger partial charge in [0, 0.05) is 23.3 Å². The molecule has 1 fully saturated rings. The van der Waals surface area contributed by atoms with Crippen LogP contribution >= 0.6 is 11.3 Å². The molecular weight excluding hydrogens is 222 g/mol. The number of rotatable bonds is 2. The smallest absolute Gasteiger partial charge is 0.102 e. The van der Waals surface area contributed by atoms with Crippen LogP contribution < -0.4 is 0 Å². The van der Waals surface area contributed by atoms with Crippen molar-refractivity contribution in [3.05, 3.63) is 16.1 Å². The van der Waals surface area contributed by atoms with Crippen LogP contribution in [0.25, 0.3) is 0 Å². The molecule has 2 unspecified atom stereocenters. The highest BCUT2D eigenvalue weighted by Crippen LogP contribution is 2.32. The summed E-state index contributed by atoms with van der Waals surface area (Å²) < 4.78 is 5.29. The van der Waals surface area contributed by atoms with Gasteiger partial charge in [-0.1, -0.05) is 20.8 Å². The molecule has 0 spiro atoms. The Bertz CT molecular complexity index is 350. The van der Waals surface area contributed by atoms with E-state index in [9.17, 15) is 5.11 Å². The largest absolute Gasteiger partial charge is 0.386 e. The van der Waals surface area contributed by atoms with Crippen LogP contribution in [0.4, 0.5) is 0 Å². The van der Waals surface area contributed by atoms with Crippen molar-refractivity contribution in [2.75, 3.05) is 13.2 Å². The van der Waals surface area contributed by atoms with Crippen LogP contribution in [0.3, 0.4) is 0 Å². The summed E-state index contributed by atoms with van der Waals surface area (Å²) in [6, 6.07) is 0. The Balaban J connectivity index is 2.12. The van der Waals surface area contributed by atoms with Crippen molar-refractivity contribution in [3.8, 4) is 0 Å². The Hall–Kier alpha value is -0.450. The van der Waals surface area contributed by atoms with E-state index in [1.807, 2.05) is 5.38 Å². The zero-order chi connectivity index (χ0) is 11.8. The molecule has 1 aliphatic rings. The molecule has 0 amide bonds. The maximum Gasteiger partial charge on any atom is 0.102 e. The lowest BCUT2D eigenvalue weighted by Gasteiger charge is -2.16. The van der Waals surface area contributed by atoms with Gasteiger partial charge in [0.1, 0.15) is 6.10 Å². The third kappa shape index (κ3) is 2.44. The van der Waals surface area contributed by atoms with E-state index in [1.54, 1.807) is 11.3 Å². The van der Waals surface area contributed by atoms with Crippen molar-refractivity contribution in [1.82, 2.24) is 4.98 Å². The van der Waals surface area contributed by atoms with E-state index in [-0.39, 0.29) is 11.3 Å². The lowest BCUT2D eigenvalue weighted by molar-refractivity contribution is 0.0888. The van der Waals surface area contributed by atoms with Gasteiger partial charge in [0.05, 0.1) is 17.3 Å². The lowest BCUT2D eigenvalue weighted by Crippen LogP contribution is -2.15. The minimum atomic E-state index is -0.463. The number of aliphatic hydroxyl groups excluding tert-OH is 1. The number of nitrogens with zero attached hydrogens (tertiary/aromatic N) is 1. The molecule has 1 N–H and O–H groups in total. The average Bonchev–Trinajstić information content (AvgIpc) is 2.87. The molecule has 2 heterocycles. The highest BCUT2D eigenvalue weighted by molar-refractivity contribution is 7.09. The SMILES string of the molecule is CC(C)(C)c1nc(C(O)C2CCOC2)cs1. The molecule has 0 bridgehead atoms. The van der Waals surface area contributed by atoms with Crippen molar-refractivity contribution < 1.29 is 9.84 Å². The molecule has 0 aromatic carbocycles. The Labute approximate surface area is 100 Å². The Morgan fingerprint density at radius 2 is 2.31 bits per heavy atom. The molecule has 2 rings (SSSR count). The number of aromatic nitrogens is 1. The fourth-order valence-corrected chi connectivity index (χ4v) is 2.75. The molecular formula is C12H19NO2S. The molecule has 2 atom stereocenters. The first-order valence-corrected chi connectivity index (χ1v) is 6.58. The first-order chi connectivity index (χ1) is 7.48. The zero-order valence-corrected chi connectivity index (χ0v) is 10.9. The lowest BCUT2D eigenvalue weighted by atomic mass is 9.97. The van der Waals surface area contributed by atoms with Gasteiger partial charge >= 0.3 is 0 Å². The second kappa shape index (κ2) is 4.43. The average molecular weight is 241 g/mol. The van der Waals surface area contributed by atoms with Gasteiger partial charge in [-0.2, -0.15) is 0 Å². The minimum Gasteiger partial charge on any atom is -0.386 e. The fraction of sp³-hybridized carbons (Fsp3) is 0.750. The first kappa shape index (κ1) is 12.0. The molecule has 1 aromatic rings. The monoisotopic (exact) mass is 241 g/mol. The maximum absolute atomic E-state index is 10.2.